The lowest BCUT2D eigenvalue weighted by Crippen LogP contribution is -2.21. The van der Waals surface area contributed by atoms with E-state index in [0.29, 0.717) is 0 Å². The van der Waals surface area contributed by atoms with E-state index in [1.807, 2.05) is 13.0 Å². The maximum absolute atomic E-state index is 11.5. The van der Waals surface area contributed by atoms with Crippen LogP contribution in [0.15, 0.2) is 78.9 Å². The molecule has 0 unspecified atom stereocenters. The molecule has 0 spiro atoms. The van der Waals surface area contributed by atoms with Gasteiger partial charge in [0.15, 0.2) is 0 Å². The molecule has 3 aromatic carbocycles. The predicted molar refractivity (Wildman–Crippen MR) is 128 cm³/mol. The first-order chi connectivity index (χ1) is 15.2. The van der Waals surface area contributed by atoms with Crippen molar-refractivity contribution < 1.29 is 4.79 Å². The number of para-hydroxylation sites is 2. The third-order valence-corrected chi connectivity index (χ3v) is 5.58. The Bertz CT molecular complexity index is 1210. The summed E-state index contributed by atoms with van der Waals surface area (Å²) in [6.45, 7) is 3.39. The lowest BCUT2D eigenvalue weighted by Gasteiger charge is -2.11. The van der Waals surface area contributed by atoms with Gasteiger partial charge in [-0.2, -0.15) is 0 Å². The van der Waals surface area contributed by atoms with E-state index in [-0.39, 0.29) is 5.91 Å². The Morgan fingerprint density at radius 1 is 0.968 bits per heavy atom. The smallest absolute Gasteiger partial charge is 0.243 e. The summed E-state index contributed by atoms with van der Waals surface area (Å²) in [7, 11) is 0. The molecule has 0 aliphatic heterocycles. The average molecular weight is 412 g/mol. The van der Waals surface area contributed by atoms with Crippen LogP contribution in [0.3, 0.4) is 0 Å². The summed E-state index contributed by atoms with van der Waals surface area (Å²) in [6, 6.07) is 23.6. The van der Waals surface area contributed by atoms with Gasteiger partial charge in [0.25, 0.3) is 0 Å². The number of amides is 1. The molecular formula is C27H29N3O. The van der Waals surface area contributed by atoms with Gasteiger partial charge in [-0.1, -0.05) is 61.0 Å². The van der Waals surface area contributed by atoms with Crippen molar-refractivity contribution >= 4 is 27.7 Å². The highest BCUT2D eigenvalue weighted by molar-refractivity contribution is 5.87. The number of unbranched alkanes of at least 4 members (excludes halogenated alkanes) is 2. The zero-order valence-corrected chi connectivity index (χ0v) is 18.1. The fourth-order valence-electron chi connectivity index (χ4n) is 4.02. The molecule has 31 heavy (non-hydrogen) atoms. The quantitative estimate of drug-likeness (QED) is 0.286. The number of imidazole rings is 1. The molecule has 1 N–H and O–H groups in total. The number of rotatable bonds is 9. The molecule has 4 rings (SSSR count). The molecule has 0 saturated heterocycles. The first kappa shape index (κ1) is 20.9. The fraction of sp³-hybridized carbons (Fsp3) is 0.259. The van der Waals surface area contributed by atoms with Crippen LogP contribution in [0.25, 0.3) is 21.8 Å². The van der Waals surface area contributed by atoms with Crippen molar-refractivity contribution in [1.82, 2.24) is 14.9 Å². The van der Waals surface area contributed by atoms with Crippen LogP contribution in [0, 0.1) is 0 Å². The summed E-state index contributed by atoms with van der Waals surface area (Å²) < 4.78 is 2.35. The van der Waals surface area contributed by atoms with Gasteiger partial charge >= 0.3 is 0 Å². The Labute approximate surface area is 183 Å². The molecule has 0 radical (unpaired) electrons. The second kappa shape index (κ2) is 10.1. The van der Waals surface area contributed by atoms with E-state index in [1.54, 1.807) is 12.2 Å². The van der Waals surface area contributed by atoms with Gasteiger partial charge in [-0.05, 0) is 60.4 Å². The molecular weight excluding hydrogens is 382 g/mol. The highest BCUT2D eigenvalue weighted by Gasteiger charge is 2.11. The first-order valence-corrected chi connectivity index (χ1v) is 11.1. The Morgan fingerprint density at radius 2 is 1.77 bits per heavy atom. The van der Waals surface area contributed by atoms with Crippen molar-refractivity contribution in [3.63, 3.8) is 0 Å². The number of nitrogens with one attached hydrogen (secondary N) is 1. The van der Waals surface area contributed by atoms with Crippen LogP contribution in [0.4, 0.5) is 0 Å². The van der Waals surface area contributed by atoms with Gasteiger partial charge in [0.1, 0.15) is 5.82 Å². The van der Waals surface area contributed by atoms with Crippen LogP contribution in [-0.2, 0) is 17.8 Å². The number of fused-ring (bicyclic) bond motifs is 2. The van der Waals surface area contributed by atoms with E-state index in [9.17, 15) is 4.79 Å². The number of hydrogen-bond acceptors (Lipinski definition) is 2. The van der Waals surface area contributed by atoms with E-state index < -0.39 is 0 Å². The maximum atomic E-state index is 11.5. The Balaban J connectivity index is 1.45. The van der Waals surface area contributed by atoms with E-state index >= 15 is 0 Å². The van der Waals surface area contributed by atoms with Crippen molar-refractivity contribution in [2.45, 2.75) is 39.2 Å². The van der Waals surface area contributed by atoms with E-state index in [0.717, 1.165) is 50.1 Å². The van der Waals surface area contributed by atoms with E-state index in [4.69, 9.17) is 4.98 Å². The lowest BCUT2D eigenvalue weighted by atomic mass is 10.1. The van der Waals surface area contributed by atoms with Gasteiger partial charge in [-0.15, -0.1) is 0 Å². The van der Waals surface area contributed by atoms with Gasteiger partial charge in [-0.3, -0.25) is 4.79 Å². The lowest BCUT2D eigenvalue weighted by molar-refractivity contribution is -0.116. The van der Waals surface area contributed by atoms with Gasteiger partial charge < -0.3 is 9.88 Å². The Morgan fingerprint density at radius 3 is 2.65 bits per heavy atom. The van der Waals surface area contributed by atoms with Crippen LogP contribution >= 0.6 is 0 Å². The molecule has 1 amide bonds. The molecule has 4 nitrogen and oxygen atoms in total. The fourth-order valence-corrected chi connectivity index (χ4v) is 4.02. The SMILES string of the molecule is C/C=C/C(=O)NCCCCCc1nc2ccccc2n1Cc1ccc2ccccc2c1. The van der Waals surface area contributed by atoms with Gasteiger partial charge in [0.05, 0.1) is 11.0 Å². The molecule has 0 aliphatic rings. The normalized spacial score (nSPS) is 11.5. The number of carbonyl (C=O) groups is 1. The number of benzene rings is 3. The zero-order valence-electron chi connectivity index (χ0n) is 18.1. The van der Waals surface area contributed by atoms with Crippen LogP contribution < -0.4 is 5.32 Å². The number of aryl methyl sites for hydroxylation is 1. The number of allylic oxidation sites excluding steroid dienone is 1. The minimum absolute atomic E-state index is 0.0142. The molecule has 0 bridgehead atoms. The number of aromatic nitrogens is 2. The zero-order chi connectivity index (χ0) is 21.5. The highest BCUT2D eigenvalue weighted by atomic mass is 16.1. The van der Waals surface area contributed by atoms with Gasteiger partial charge in [0, 0.05) is 19.5 Å². The molecule has 4 aromatic rings. The first-order valence-electron chi connectivity index (χ1n) is 11.1. The van der Waals surface area contributed by atoms with E-state index in [1.165, 1.54) is 21.9 Å². The second-order valence-electron chi connectivity index (χ2n) is 7.89. The summed E-state index contributed by atoms with van der Waals surface area (Å²) in [5.41, 5.74) is 3.52. The predicted octanol–water partition coefficient (Wildman–Crippen LogP) is 5.64. The Hall–Kier alpha value is -3.40. The number of hydrogen-bond donors (Lipinski definition) is 1. The highest BCUT2D eigenvalue weighted by Crippen LogP contribution is 2.22. The second-order valence-corrected chi connectivity index (χ2v) is 7.89. The van der Waals surface area contributed by atoms with Crippen molar-refractivity contribution in [2.75, 3.05) is 6.54 Å². The van der Waals surface area contributed by atoms with Crippen molar-refractivity contribution in [2.24, 2.45) is 0 Å². The number of carbonyl (C=O) groups excluding carboxylic acids is 1. The van der Waals surface area contributed by atoms with Crippen molar-refractivity contribution in [1.29, 1.82) is 0 Å². The molecule has 0 aliphatic carbocycles. The summed E-state index contributed by atoms with van der Waals surface area (Å²) in [6.07, 6.45) is 7.36. The third kappa shape index (κ3) is 5.21. The van der Waals surface area contributed by atoms with Gasteiger partial charge in [-0.25, -0.2) is 4.98 Å². The third-order valence-electron chi connectivity index (χ3n) is 5.58. The monoisotopic (exact) mass is 411 g/mol. The van der Waals surface area contributed by atoms with Gasteiger partial charge in [0.2, 0.25) is 5.91 Å². The maximum Gasteiger partial charge on any atom is 0.243 e. The minimum Gasteiger partial charge on any atom is -0.353 e. The van der Waals surface area contributed by atoms with Crippen LogP contribution in [0.2, 0.25) is 0 Å². The average Bonchev–Trinajstić information content (AvgIpc) is 3.13. The molecule has 1 heterocycles. The molecule has 0 fully saturated rings. The van der Waals surface area contributed by atoms with Crippen molar-refractivity contribution in [3.05, 3.63) is 90.3 Å². The topological polar surface area (TPSA) is 46.9 Å². The van der Waals surface area contributed by atoms with Crippen LogP contribution in [-0.4, -0.2) is 22.0 Å². The van der Waals surface area contributed by atoms with Crippen LogP contribution in [0.1, 0.15) is 37.6 Å². The van der Waals surface area contributed by atoms with E-state index in [2.05, 4.69) is 70.5 Å². The largest absolute Gasteiger partial charge is 0.353 e. The summed E-state index contributed by atoms with van der Waals surface area (Å²) in [4.78, 5) is 16.4. The summed E-state index contributed by atoms with van der Waals surface area (Å²) >= 11 is 0. The minimum atomic E-state index is -0.0142. The molecule has 0 atom stereocenters. The molecule has 1 aromatic heterocycles. The van der Waals surface area contributed by atoms with Crippen LogP contribution in [0.5, 0.6) is 0 Å². The molecule has 158 valence electrons. The Kier molecular flexibility index (Phi) is 6.78. The molecule has 0 saturated carbocycles. The van der Waals surface area contributed by atoms with Crippen molar-refractivity contribution in [3.8, 4) is 0 Å². The molecule has 4 heteroatoms. The number of nitrogens with zero attached hydrogens (tertiary/aromatic N) is 2. The summed E-state index contributed by atoms with van der Waals surface area (Å²) in [5.74, 6) is 1.12. The standard InChI is InChI=1S/C27H29N3O/c1-2-10-27(31)28-18-9-3-4-15-26-29-24-13-7-8-14-25(24)30(26)20-21-16-17-22-11-5-6-12-23(22)19-21/h2,5-8,10-14,16-17,19H,3-4,9,15,18,20H2,1H3,(H,28,31)/b10-2+. The summed E-state index contributed by atoms with van der Waals surface area (Å²) in [5, 5.41) is 5.45.